The molecule has 3 atom stereocenters. The fraction of sp³-hybridized carbons (Fsp3) is 0.625. The summed E-state index contributed by atoms with van der Waals surface area (Å²) < 4.78 is 6.91. The van der Waals surface area contributed by atoms with Gasteiger partial charge in [-0.2, -0.15) is 0 Å². The molecule has 1 saturated heterocycles. The van der Waals surface area contributed by atoms with Gasteiger partial charge in [-0.05, 0) is 30.5 Å². The number of hydrogen-bond acceptors (Lipinski definition) is 3. The summed E-state index contributed by atoms with van der Waals surface area (Å²) in [5.74, 6) is 0. The van der Waals surface area contributed by atoms with Crippen molar-refractivity contribution in [3.05, 3.63) is 34.3 Å². The largest absolute Gasteiger partial charge is 0.387 e. The number of ether oxygens (including phenoxy) is 1. The Morgan fingerprint density at radius 1 is 1.35 bits per heavy atom. The van der Waals surface area contributed by atoms with Crippen LogP contribution in [0.15, 0.2) is 28.7 Å². The Kier molecular flexibility index (Phi) is 4.76. The number of hydrogen-bond donors (Lipinski definition) is 1. The van der Waals surface area contributed by atoms with Crippen LogP contribution < -0.4 is 0 Å². The van der Waals surface area contributed by atoms with Crippen LogP contribution in [0.3, 0.4) is 0 Å². The molecule has 2 fully saturated rings. The van der Waals surface area contributed by atoms with E-state index in [9.17, 15) is 5.11 Å². The molecule has 0 radical (unpaired) electrons. The van der Waals surface area contributed by atoms with E-state index in [1.54, 1.807) is 0 Å². The van der Waals surface area contributed by atoms with Crippen LogP contribution in [0.5, 0.6) is 0 Å². The van der Waals surface area contributed by atoms with E-state index in [2.05, 4.69) is 20.8 Å². The second-order valence-electron chi connectivity index (χ2n) is 5.83. The highest BCUT2D eigenvalue weighted by atomic mass is 79.9. The first kappa shape index (κ1) is 14.5. The molecule has 1 aromatic rings. The number of fused-ring (bicyclic) bond motifs is 1. The van der Waals surface area contributed by atoms with E-state index >= 15 is 0 Å². The summed E-state index contributed by atoms with van der Waals surface area (Å²) in [5.41, 5.74) is 0.984. The van der Waals surface area contributed by atoms with Crippen LogP contribution in [0, 0.1) is 0 Å². The molecular weight excluding hydrogens is 318 g/mol. The molecule has 110 valence electrons. The van der Waals surface area contributed by atoms with Gasteiger partial charge in [0.1, 0.15) is 0 Å². The molecule has 0 aromatic heterocycles. The lowest BCUT2D eigenvalue weighted by atomic mass is 9.89. The van der Waals surface area contributed by atoms with Crippen LogP contribution in [0.4, 0.5) is 0 Å². The van der Waals surface area contributed by atoms with E-state index in [-0.39, 0.29) is 0 Å². The maximum atomic E-state index is 10.5. The van der Waals surface area contributed by atoms with Crippen LogP contribution in [-0.2, 0) is 4.74 Å². The average Bonchev–Trinajstić information content (AvgIpc) is 2.47. The lowest BCUT2D eigenvalue weighted by Gasteiger charge is -2.44. The lowest BCUT2D eigenvalue weighted by Crippen LogP contribution is -2.53. The van der Waals surface area contributed by atoms with Gasteiger partial charge in [-0.25, -0.2) is 0 Å². The Morgan fingerprint density at radius 3 is 3.05 bits per heavy atom. The minimum atomic E-state index is -0.423. The van der Waals surface area contributed by atoms with Crippen molar-refractivity contribution in [1.29, 1.82) is 0 Å². The topological polar surface area (TPSA) is 32.7 Å². The second-order valence-corrected chi connectivity index (χ2v) is 6.74. The van der Waals surface area contributed by atoms with E-state index in [4.69, 9.17) is 4.74 Å². The number of aliphatic hydroxyl groups is 1. The van der Waals surface area contributed by atoms with Crippen LogP contribution in [0.25, 0.3) is 0 Å². The molecule has 1 N–H and O–H groups in total. The van der Waals surface area contributed by atoms with Crippen molar-refractivity contribution in [3.63, 3.8) is 0 Å². The maximum Gasteiger partial charge on any atom is 0.0917 e. The summed E-state index contributed by atoms with van der Waals surface area (Å²) in [7, 11) is 0. The predicted octanol–water partition coefficient (Wildman–Crippen LogP) is 3.13. The molecule has 1 aliphatic heterocycles. The second kappa shape index (κ2) is 6.56. The first-order valence-corrected chi connectivity index (χ1v) is 8.32. The number of morpholine rings is 1. The molecule has 2 aliphatic rings. The van der Waals surface area contributed by atoms with Gasteiger partial charge in [0.15, 0.2) is 0 Å². The lowest BCUT2D eigenvalue weighted by molar-refractivity contribution is -0.0974. The van der Waals surface area contributed by atoms with Crippen LogP contribution in [-0.4, -0.2) is 41.8 Å². The van der Waals surface area contributed by atoms with Crippen molar-refractivity contribution < 1.29 is 9.84 Å². The molecule has 0 amide bonds. The van der Waals surface area contributed by atoms with Crippen molar-refractivity contribution in [3.8, 4) is 0 Å². The molecule has 20 heavy (non-hydrogen) atoms. The highest BCUT2D eigenvalue weighted by molar-refractivity contribution is 9.10. The van der Waals surface area contributed by atoms with Gasteiger partial charge in [0.05, 0.1) is 18.8 Å². The van der Waals surface area contributed by atoms with Gasteiger partial charge in [0, 0.05) is 23.6 Å². The van der Waals surface area contributed by atoms with Gasteiger partial charge in [-0.1, -0.05) is 40.9 Å². The zero-order valence-corrected chi connectivity index (χ0v) is 13.3. The molecular formula is C16H22BrNO2. The normalized spacial score (nSPS) is 28.9. The van der Waals surface area contributed by atoms with Crippen molar-refractivity contribution in [1.82, 2.24) is 4.90 Å². The Balaban J connectivity index is 1.66. The SMILES string of the molecule is OC(CN1CCOC2CCCCC21)c1cccc(Br)c1. The van der Waals surface area contributed by atoms with Crippen molar-refractivity contribution in [2.75, 3.05) is 19.7 Å². The molecule has 3 unspecified atom stereocenters. The summed E-state index contributed by atoms with van der Waals surface area (Å²) in [4.78, 5) is 2.43. The quantitative estimate of drug-likeness (QED) is 0.918. The van der Waals surface area contributed by atoms with Crippen LogP contribution >= 0.6 is 15.9 Å². The van der Waals surface area contributed by atoms with Gasteiger partial charge in [0.2, 0.25) is 0 Å². The van der Waals surface area contributed by atoms with E-state index < -0.39 is 6.10 Å². The zero-order valence-electron chi connectivity index (χ0n) is 11.7. The van der Waals surface area contributed by atoms with E-state index in [0.717, 1.165) is 23.2 Å². The number of rotatable bonds is 3. The molecule has 0 spiro atoms. The molecule has 1 heterocycles. The highest BCUT2D eigenvalue weighted by Gasteiger charge is 2.34. The van der Waals surface area contributed by atoms with E-state index in [1.807, 2.05) is 24.3 Å². The van der Waals surface area contributed by atoms with Crippen molar-refractivity contribution in [2.45, 2.75) is 43.9 Å². The van der Waals surface area contributed by atoms with E-state index in [1.165, 1.54) is 25.7 Å². The smallest absolute Gasteiger partial charge is 0.0917 e. The fourth-order valence-corrected chi connectivity index (χ4v) is 3.86. The first-order chi connectivity index (χ1) is 9.74. The average molecular weight is 340 g/mol. The minimum absolute atomic E-state index is 0.382. The minimum Gasteiger partial charge on any atom is -0.387 e. The third-order valence-corrected chi connectivity index (χ3v) is 4.98. The molecule has 1 aromatic carbocycles. The highest BCUT2D eigenvalue weighted by Crippen LogP contribution is 2.30. The Hall–Kier alpha value is -0.420. The summed E-state index contributed by atoms with van der Waals surface area (Å²) >= 11 is 3.47. The summed E-state index contributed by atoms with van der Waals surface area (Å²) in [5, 5.41) is 10.5. The maximum absolute atomic E-state index is 10.5. The zero-order chi connectivity index (χ0) is 13.9. The number of nitrogens with zero attached hydrogens (tertiary/aromatic N) is 1. The molecule has 0 bridgehead atoms. The Labute approximate surface area is 129 Å². The summed E-state index contributed by atoms with van der Waals surface area (Å²) in [6, 6.07) is 8.46. The standard InChI is InChI=1S/C16H22BrNO2/c17-13-5-3-4-12(10-13)15(19)11-18-8-9-20-16-7-2-1-6-14(16)18/h3-5,10,14-16,19H,1-2,6-9,11H2. The Bertz CT molecular complexity index is 452. The monoisotopic (exact) mass is 339 g/mol. The van der Waals surface area contributed by atoms with Crippen LogP contribution in [0.2, 0.25) is 0 Å². The number of benzene rings is 1. The van der Waals surface area contributed by atoms with Gasteiger partial charge >= 0.3 is 0 Å². The predicted molar refractivity (Wildman–Crippen MR) is 82.7 cm³/mol. The molecule has 3 rings (SSSR count). The third kappa shape index (κ3) is 3.25. The number of aliphatic hydroxyl groups excluding tert-OH is 1. The Morgan fingerprint density at radius 2 is 2.20 bits per heavy atom. The molecule has 4 heteroatoms. The van der Waals surface area contributed by atoms with Gasteiger partial charge in [0.25, 0.3) is 0 Å². The van der Waals surface area contributed by atoms with Gasteiger partial charge in [-0.15, -0.1) is 0 Å². The molecule has 1 aliphatic carbocycles. The molecule has 1 saturated carbocycles. The first-order valence-electron chi connectivity index (χ1n) is 7.53. The van der Waals surface area contributed by atoms with Crippen molar-refractivity contribution >= 4 is 15.9 Å². The molecule has 3 nitrogen and oxygen atoms in total. The van der Waals surface area contributed by atoms with Crippen molar-refractivity contribution in [2.24, 2.45) is 0 Å². The van der Waals surface area contributed by atoms with Crippen LogP contribution in [0.1, 0.15) is 37.4 Å². The third-order valence-electron chi connectivity index (χ3n) is 4.49. The fourth-order valence-electron chi connectivity index (χ4n) is 3.44. The summed E-state index contributed by atoms with van der Waals surface area (Å²) in [6.45, 7) is 2.44. The number of β-amino-alcohol motifs (C(OH)–C–C–N with tert-alkyl or cyclic N) is 1. The van der Waals surface area contributed by atoms with E-state index in [0.29, 0.717) is 18.7 Å². The van der Waals surface area contributed by atoms with Gasteiger partial charge in [-0.3, -0.25) is 4.90 Å². The summed E-state index contributed by atoms with van der Waals surface area (Å²) in [6.07, 6.45) is 4.90. The number of halogens is 1. The van der Waals surface area contributed by atoms with Gasteiger partial charge < -0.3 is 9.84 Å².